The van der Waals surface area contributed by atoms with Crippen molar-refractivity contribution < 1.29 is 23.8 Å². The minimum absolute atomic E-state index is 0.0289. The SMILES string of the molecule is COCC1(C(=O)O)CCCN(C(=O)c2ccc(Cl)c(F)c2)C1. The van der Waals surface area contributed by atoms with Crippen LogP contribution in [0.3, 0.4) is 0 Å². The Balaban J connectivity index is 2.22. The summed E-state index contributed by atoms with van der Waals surface area (Å²) in [6.07, 6.45) is 0.992. The minimum Gasteiger partial charge on any atom is -0.481 e. The number of amides is 1. The molecule has 1 aromatic rings. The van der Waals surface area contributed by atoms with Crippen molar-refractivity contribution in [2.24, 2.45) is 5.41 Å². The summed E-state index contributed by atoms with van der Waals surface area (Å²) >= 11 is 5.61. The standard InChI is InChI=1S/C15H17ClFNO4/c1-22-9-15(14(20)21)5-2-6-18(8-15)13(19)10-3-4-11(16)12(17)7-10/h3-4,7H,2,5-6,8-9H2,1H3,(H,20,21). The molecule has 1 aromatic carbocycles. The van der Waals surface area contributed by atoms with Crippen molar-refractivity contribution in [2.45, 2.75) is 12.8 Å². The number of hydrogen-bond donors (Lipinski definition) is 1. The zero-order chi connectivity index (χ0) is 16.3. The Morgan fingerprint density at radius 3 is 2.82 bits per heavy atom. The molecule has 0 radical (unpaired) electrons. The van der Waals surface area contributed by atoms with Gasteiger partial charge in [0.15, 0.2) is 0 Å². The lowest BCUT2D eigenvalue weighted by Gasteiger charge is -2.39. The molecule has 7 heteroatoms. The third-order valence-corrected chi connectivity index (χ3v) is 4.21. The van der Waals surface area contributed by atoms with Gasteiger partial charge in [0.1, 0.15) is 11.2 Å². The lowest BCUT2D eigenvalue weighted by atomic mass is 9.80. The number of piperidine rings is 1. The summed E-state index contributed by atoms with van der Waals surface area (Å²) in [4.78, 5) is 25.5. The van der Waals surface area contributed by atoms with Gasteiger partial charge in [-0.25, -0.2) is 4.39 Å². The van der Waals surface area contributed by atoms with Gasteiger partial charge < -0.3 is 14.7 Å². The minimum atomic E-state index is -1.12. The van der Waals surface area contributed by atoms with E-state index in [9.17, 15) is 19.1 Å². The molecule has 0 aromatic heterocycles. The number of methoxy groups -OCH3 is 1. The summed E-state index contributed by atoms with van der Waals surface area (Å²) < 4.78 is 18.5. The number of nitrogens with zero attached hydrogens (tertiary/aromatic N) is 1. The van der Waals surface area contributed by atoms with Crippen molar-refractivity contribution in [3.63, 3.8) is 0 Å². The zero-order valence-electron chi connectivity index (χ0n) is 12.1. The Kier molecular flexibility index (Phi) is 5.03. The number of carbonyl (C=O) groups excluding carboxylic acids is 1. The van der Waals surface area contributed by atoms with E-state index in [1.807, 2.05) is 0 Å². The van der Waals surface area contributed by atoms with Crippen LogP contribution in [0.5, 0.6) is 0 Å². The second-order valence-electron chi connectivity index (χ2n) is 5.48. The molecule has 2 rings (SSSR count). The summed E-state index contributed by atoms with van der Waals surface area (Å²) in [6.45, 7) is 0.502. The van der Waals surface area contributed by atoms with Crippen molar-refractivity contribution in [2.75, 3.05) is 26.8 Å². The Labute approximate surface area is 132 Å². The fraction of sp³-hybridized carbons (Fsp3) is 0.467. The summed E-state index contributed by atoms with van der Waals surface area (Å²) in [5, 5.41) is 9.41. The molecule has 1 saturated heterocycles. The fourth-order valence-electron chi connectivity index (χ4n) is 2.75. The Morgan fingerprint density at radius 2 is 2.23 bits per heavy atom. The van der Waals surface area contributed by atoms with Crippen molar-refractivity contribution in [3.05, 3.63) is 34.6 Å². The van der Waals surface area contributed by atoms with Crippen LogP contribution < -0.4 is 0 Å². The topological polar surface area (TPSA) is 66.8 Å². The van der Waals surface area contributed by atoms with Gasteiger partial charge in [0.2, 0.25) is 0 Å². The third kappa shape index (κ3) is 3.23. The van der Waals surface area contributed by atoms with Gasteiger partial charge in [0.05, 0.1) is 11.6 Å². The van der Waals surface area contributed by atoms with E-state index < -0.39 is 23.1 Å². The van der Waals surface area contributed by atoms with E-state index in [2.05, 4.69) is 0 Å². The first-order chi connectivity index (χ1) is 10.4. The molecular weight excluding hydrogens is 313 g/mol. The Morgan fingerprint density at radius 1 is 1.50 bits per heavy atom. The molecule has 5 nitrogen and oxygen atoms in total. The van der Waals surface area contributed by atoms with Gasteiger partial charge in [-0.2, -0.15) is 0 Å². The van der Waals surface area contributed by atoms with Crippen LogP contribution >= 0.6 is 11.6 Å². The summed E-state index contributed by atoms with van der Waals surface area (Å²) in [6, 6.07) is 3.81. The first-order valence-corrected chi connectivity index (χ1v) is 7.24. The monoisotopic (exact) mass is 329 g/mol. The molecule has 1 fully saturated rings. The van der Waals surface area contributed by atoms with Crippen LogP contribution in [0.1, 0.15) is 23.2 Å². The highest BCUT2D eigenvalue weighted by atomic mass is 35.5. The lowest BCUT2D eigenvalue weighted by Crippen LogP contribution is -2.52. The van der Waals surface area contributed by atoms with E-state index in [-0.39, 0.29) is 23.7 Å². The van der Waals surface area contributed by atoms with E-state index in [1.165, 1.54) is 24.1 Å². The van der Waals surface area contributed by atoms with E-state index in [4.69, 9.17) is 16.3 Å². The second kappa shape index (κ2) is 6.62. The van der Waals surface area contributed by atoms with Crippen LogP contribution in [-0.4, -0.2) is 48.7 Å². The number of hydrogen-bond acceptors (Lipinski definition) is 3. The number of likely N-dealkylation sites (tertiary alicyclic amines) is 1. The van der Waals surface area contributed by atoms with Crippen LogP contribution in [0.4, 0.5) is 4.39 Å². The predicted molar refractivity (Wildman–Crippen MR) is 78.5 cm³/mol. The first-order valence-electron chi connectivity index (χ1n) is 6.86. The molecular formula is C15H17ClFNO4. The molecule has 0 spiro atoms. The maximum absolute atomic E-state index is 13.5. The highest BCUT2D eigenvalue weighted by Gasteiger charge is 2.44. The lowest BCUT2D eigenvalue weighted by molar-refractivity contribution is -0.155. The van der Waals surface area contributed by atoms with Gasteiger partial charge in [0.25, 0.3) is 5.91 Å². The number of rotatable bonds is 4. The van der Waals surface area contributed by atoms with Gasteiger partial charge in [-0.3, -0.25) is 9.59 Å². The summed E-state index contributed by atoms with van der Waals surface area (Å²) in [7, 11) is 1.43. The van der Waals surface area contributed by atoms with Crippen molar-refractivity contribution in [1.29, 1.82) is 0 Å². The second-order valence-corrected chi connectivity index (χ2v) is 5.88. The molecule has 1 aliphatic heterocycles. The van der Waals surface area contributed by atoms with Crippen molar-refractivity contribution in [3.8, 4) is 0 Å². The van der Waals surface area contributed by atoms with Crippen LogP contribution in [0.15, 0.2) is 18.2 Å². The van der Waals surface area contributed by atoms with Crippen molar-refractivity contribution in [1.82, 2.24) is 4.90 Å². The number of carboxylic acids is 1. The number of benzene rings is 1. The molecule has 1 heterocycles. The molecule has 0 aliphatic carbocycles. The third-order valence-electron chi connectivity index (χ3n) is 3.90. The maximum Gasteiger partial charge on any atom is 0.313 e. The normalized spacial score (nSPS) is 21.7. The van der Waals surface area contributed by atoms with E-state index in [0.717, 1.165) is 6.07 Å². The summed E-state index contributed by atoms with van der Waals surface area (Å²) in [5.41, 5.74) is -0.964. The molecule has 1 amide bonds. The van der Waals surface area contributed by atoms with Gasteiger partial charge in [0, 0.05) is 25.8 Å². The summed E-state index contributed by atoms with van der Waals surface area (Å²) in [5.74, 6) is -2.07. The Bertz CT molecular complexity index is 591. The van der Waals surface area contributed by atoms with Gasteiger partial charge in [-0.1, -0.05) is 11.6 Å². The molecule has 22 heavy (non-hydrogen) atoms. The molecule has 120 valence electrons. The van der Waals surface area contributed by atoms with Crippen LogP contribution in [0.25, 0.3) is 0 Å². The number of aliphatic carboxylic acids is 1. The van der Waals surface area contributed by atoms with Crippen LogP contribution in [0.2, 0.25) is 5.02 Å². The first kappa shape index (κ1) is 16.7. The average molecular weight is 330 g/mol. The molecule has 1 aliphatic rings. The van der Waals surface area contributed by atoms with Gasteiger partial charge in [-0.15, -0.1) is 0 Å². The van der Waals surface area contributed by atoms with Gasteiger partial charge in [-0.05, 0) is 31.0 Å². The van der Waals surface area contributed by atoms with Crippen molar-refractivity contribution >= 4 is 23.5 Å². The van der Waals surface area contributed by atoms with Gasteiger partial charge >= 0.3 is 5.97 Å². The quantitative estimate of drug-likeness (QED) is 0.921. The highest BCUT2D eigenvalue weighted by Crippen LogP contribution is 2.31. The number of ether oxygens (including phenoxy) is 1. The predicted octanol–water partition coefficient (Wildman–Crippen LogP) is 2.43. The molecule has 0 saturated carbocycles. The highest BCUT2D eigenvalue weighted by molar-refractivity contribution is 6.30. The van der Waals surface area contributed by atoms with Crippen LogP contribution in [0, 0.1) is 11.2 Å². The maximum atomic E-state index is 13.5. The molecule has 1 unspecified atom stereocenters. The zero-order valence-corrected chi connectivity index (χ0v) is 12.9. The smallest absolute Gasteiger partial charge is 0.313 e. The van der Waals surface area contributed by atoms with E-state index >= 15 is 0 Å². The number of carboxylic acid groups (broad SMARTS) is 1. The average Bonchev–Trinajstić information content (AvgIpc) is 2.49. The van der Waals surface area contributed by atoms with E-state index in [1.54, 1.807) is 0 Å². The number of halogens is 2. The fourth-order valence-corrected chi connectivity index (χ4v) is 2.86. The van der Waals surface area contributed by atoms with E-state index in [0.29, 0.717) is 19.4 Å². The molecule has 1 atom stereocenters. The number of carbonyl (C=O) groups is 2. The Hall–Kier alpha value is -1.66. The van der Waals surface area contributed by atoms with Crippen LogP contribution in [-0.2, 0) is 9.53 Å². The molecule has 1 N–H and O–H groups in total. The largest absolute Gasteiger partial charge is 0.481 e. The molecule has 0 bridgehead atoms.